The lowest BCUT2D eigenvalue weighted by molar-refractivity contribution is 0.155. The maximum atomic E-state index is 14.1. The highest BCUT2D eigenvalue weighted by Crippen LogP contribution is 2.32. The molecule has 3 aromatic rings. The second kappa shape index (κ2) is 11.6. The van der Waals surface area contributed by atoms with Crippen molar-refractivity contribution in [2.75, 3.05) is 24.2 Å². The third-order valence-electron chi connectivity index (χ3n) is 7.33. The van der Waals surface area contributed by atoms with Gasteiger partial charge in [-0.2, -0.15) is 0 Å². The van der Waals surface area contributed by atoms with Gasteiger partial charge in [-0.05, 0) is 48.2 Å². The molecular weight excluding hydrogens is 527 g/mol. The third-order valence-corrected chi connectivity index (χ3v) is 10.8. The van der Waals surface area contributed by atoms with Crippen molar-refractivity contribution in [3.63, 3.8) is 0 Å². The summed E-state index contributed by atoms with van der Waals surface area (Å²) in [7, 11) is -5.27. The van der Waals surface area contributed by atoms with Gasteiger partial charge in [0.05, 0.1) is 4.90 Å². The zero-order valence-corrected chi connectivity index (χ0v) is 26.2. The topological polar surface area (TPSA) is 75.9 Å². The van der Waals surface area contributed by atoms with Gasteiger partial charge in [-0.1, -0.05) is 82.0 Å². The summed E-state index contributed by atoms with van der Waals surface area (Å²) in [4.78, 5) is 2.64. The number of benzene rings is 2. The first-order valence-corrected chi connectivity index (χ1v) is 18.9. The van der Waals surface area contributed by atoms with Crippen LogP contribution in [0.25, 0.3) is 0 Å². The smallest absolute Gasteiger partial charge is 0.267 e. The van der Waals surface area contributed by atoms with Crippen LogP contribution in [0.1, 0.15) is 56.2 Å². The average molecular weight is 570 g/mol. The summed E-state index contributed by atoms with van der Waals surface area (Å²) < 4.78 is 40.9. The minimum absolute atomic E-state index is 0.114. The molecule has 0 radical (unpaired) electrons. The Kier molecular flexibility index (Phi) is 8.75. The maximum Gasteiger partial charge on any atom is 0.267 e. The van der Waals surface area contributed by atoms with Crippen molar-refractivity contribution < 1.29 is 17.7 Å². The second-order valence-corrected chi connectivity index (χ2v) is 20.2. The molecule has 39 heavy (non-hydrogen) atoms. The molecule has 0 saturated carbocycles. The van der Waals surface area contributed by atoms with Gasteiger partial charge in [0, 0.05) is 45.3 Å². The van der Waals surface area contributed by atoms with E-state index < -0.39 is 18.1 Å². The molecule has 7 nitrogen and oxygen atoms in total. The van der Waals surface area contributed by atoms with Crippen molar-refractivity contribution in [3.05, 3.63) is 77.0 Å². The minimum atomic E-state index is -3.95. The van der Waals surface area contributed by atoms with Crippen molar-refractivity contribution in [2.45, 2.75) is 82.7 Å². The lowest BCUT2D eigenvalue weighted by Crippen LogP contribution is -2.35. The molecule has 1 atom stereocenters. The molecule has 1 aromatic heterocycles. The predicted molar refractivity (Wildman–Crippen MR) is 159 cm³/mol. The van der Waals surface area contributed by atoms with E-state index in [9.17, 15) is 8.42 Å². The van der Waals surface area contributed by atoms with Crippen LogP contribution in [0.15, 0.2) is 64.0 Å². The molecule has 212 valence electrons. The lowest BCUT2D eigenvalue weighted by atomic mass is 9.93. The van der Waals surface area contributed by atoms with E-state index in [0.717, 1.165) is 24.6 Å². The first-order valence-electron chi connectivity index (χ1n) is 13.7. The van der Waals surface area contributed by atoms with Crippen molar-refractivity contribution in [1.29, 1.82) is 0 Å². The van der Waals surface area contributed by atoms with E-state index in [0.29, 0.717) is 18.9 Å². The van der Waals surface area contributed by atoms with E-state index in [-0.39, 0.29) is 28.9 Å². The Morgan fingerprint density at radius 1 is 1.08 bits per heavy atom. The highest BCUT2D eigenvalue weighted by molar-refractivity contribution is 7.92. The van der Waals surface area contributed by atoms with E-state index in [1.165, 1.54) is 15.4 Å². The van der Waals surface area contributed by atoms with Crippen molar-refractivity contribution in [3.8, 4) is 0 Å². The average Bonchev–Trinajstić information content (AvgIpc) is 3.38. The van der Waals surface area contributed by atoms with Crippen LogP contribution >= 0.6 is 0 Å². The Bertz CT molecular complexity index is 1360. The van der Waals surface area contributed by atoms with E-state index in [2.05, 4.69) is 60.9 Å². The van der Waals surface area contributed by atoms with Crippen LogP contribution in [-0.2, 0) is 33.1 Å². The number of anilines is 1. The minimum Gasteiger partial charge on any atom is -0.360 e. The summed E-state index contributed by atoms with van der Waals surface area (Å²) in [6.07, 6.45) is 0.884. The van der Waals surface area contributed by atoms with E-state index in [4.69, 9.17) is 9.26 Å². The molecule has 0 amide bonds. The highest BCUT2D eigenvalue weighted by atomic mass is 32.2. The first kappa shape index (κ1) is 29.5. The van der Waals surface area contributed by atoms with Crippen LogP contribution in [0.5, 0.6) is 0 Å². The number of rotatable bonds is 10. The first-order chi connectivity index (χ1) is 18.3. The van der Waals surface area contributed by atoms with Crippen molar-refractivity contribution in [2.24, 2.45) is 0 Å². The monoisotopic (exact) mass is 569 g/mol. The Balaban J connectivity index is 1.61. The number of sulfonamides is 1. The molecule has 9 heteroatoms. The normalized spacial score (nSPS) is 15.7. The maximum absolute atomic E-state index is 14.1. The van der Waals surface area contributed by atoms with Gasteiger partial charge >= 0.3 is 0 Å². The van der Waals surface area contributed by atoms with Crippen molar-refractivity contribution >= 4 is 23.9 Å². The molecule has 2 heterocycles. The molecule has 0 saturated heterocycles. The molecule has 0 N–H and O–H groups in total. The summed E-state index contributed by atoms with van der Waals surface area (Å²) in [5, 5.41) is 4.15. The van der Waals surface area contributed by atoms with Gasteiger partial charge in [0.15, 0.2) is 5.82 Å². The largest absolute Gasteiger partial charge is 0.360 e. The third kappa shape index (κ3) is 7.19. The summed E-state index contributed by atoms with van der Waals surface area (Å²) in [6, 6.07) is 18.8. The van der Waals surface area contributed by atoms with Crippen LogP contribution < -0.4 is 4.31 Å². The van der Waals surface area contributed by atoms with Crippen LogP contribution in [0.4, 0.5) is 5.82 Å². The van der Waals surface area contributed by atoms with Gasteiger partial charge in [-0.25, -0.2) is 12.7 Å². The molecular formula is C30H43N3O4SSi. The number of fused-ring (bicyclic) bond motifs is 1. The standard InChI is InChI=1S/C30H43N3O4SSi/c1-23(24-11-9-8-10-12-24)32-16-15-25-13-14-27(19-26(25)21-32)38(34,35)33(22-36-17-18-39(5,6)7)29-20-28(37-31-29)30(2,3)4/h8-14,19-20,23H,15-18,21-22H2,1-7H3. The van der Waals surface area contributed by atoms with Crippen LogP contribution in [0.2, 0.25) is 25.7 Å². The Morgan fingerprint density at radius 3 is 2.44 bits per heavy atom. The Hall–Kier alpha value is -2.46. The quantitative estimate of drug-likeness (QED) is 0.156. The summed E-state index contributed by atoms with van der Waals surface area (Å²) in [6.45, 7) is 17.1. The zero-order chi connectivity index (χ0) is 28.4. The van der Waals surface area contributed by atoms with Crippen LogP contribution in [0, 0.1) is 0 Å². The van der Waals surface area contributed by atoms with Crippen LogP contribution in [-0.4, -0.2) is 46.4 Å². The fourth-order valence-corrected chi connectivity index (χ4v) is 6.73. The van der Waals surface area contributed by atoms with Gasteiger partial charge in [0.1, 0.15) is 12.5 Å². The van der Waals surface area contributed by atoms with Gasteiger partial charge in [-0.15, -0.1) is 0 Å². The molecule has 0 spiro atoms. The van der Waals surface area contributed by atoms with Gasteiger partial charge in [0.2, 0.25) is 0 Å². The highest BCUT2D eigenvalue weighted by Gasteiger charge is 2.32. The lowest BCUT2D eigenvalue weighted by Gasteiger charge is -2.34. The molecule has 1 aliphatic heterocycles. The number of hydrogen-bond donors (Lipinski definition) is 0. The Labute approximate surface area is 235 Å². The fraction of sp³-hybridized carbons (Fsp3) is 0.500. The predicted octanol–water partition coefficient (Wildman–Crippen LogP) is 6.60. The summed E-state index contributed by atoms with van der Waals surface area (Å²) in [5.74, 6) is 0.862. The molecule has 0 fully saturated rings. The molecule has 1 aliphatic rings. The number of aromatic nitrogens is 1. The number of ether oxygens (including phenoxy) is 1. The Morgan fingerprint density at radius 2 is 1.79 bits per heavy atom. The van der Waals surface area contributed by atoms with E-state index in [1.807, 2.05) is 39.0 Å². The second-order valence-electron chi connectivity index (χ2n) is 12.7. The molecule has 0 bridgehead atoms. The number of nitrogens with zero attached hydrogens (tertiary/aromatic N) is 3. The van der Waals surface area contributed by atoms with E-state index in [1.54, 1.807) is 12.1 Å². The summed E-state index contributed by atoms with van der Waals surface area (Å²) in [5.41, 5.74) is 3.19. The SMILES string of the molecule is CC(c1ccccc1)N1CCc2ccc(S(=O)(=O)N(COCC[Si](C)(C)C)c3cc(C(C)(C)C)on3)cc2C1. The van der Waals surface area contributed by atoms with Crippen LogP contribution in [0.3, 0.4) is 0 Å². The molecule has 4 rings (SSSR count). The summed E-state index contributed by atoms with van der Waals surface area (Å²) >= 11 is 0. The zero-order valence-electron chi connectivity index (χ0n) is 24.4. The van der Waals surface area contributed by atoms with Crippen molar-refractivity contribution in [1.82, 2.24) is 10.1 Å². The number of hydrogen-bond acceptors (Lipinski definition) is 6. The van der Waals surface area contributed by atoms with Gasteiger partial charge < -0.3 is 9.26 Å². The fourth-order valence-electron chi connectivity index (χ4n) is 4.64. The van der Waals surface area contributed by atoms with Gasteiger partial charge in [-0.3, -0.25) is 4.90 Å². The van der Waals surface area contributed by atoms with E-state index >= 15 is 0 Å². The molecule has 2 aromatic carbocycles. The molecule has 1 unspecified atom stereocenters. The van der Waals surface area contributed by atoms with Gasteiger partial charge in [0.25, 0.3) is 10.0 Å². The molecule has 0 aliphatic carbocycles.